The van der Waals surface area contributed by atoms with Crippen LogP contribution in [0.2, 0.25) is 0 Å². The summed E-state index contributed by atoms with van der Waals surface area (Å²) >= 11 is 0. The van der Waals surface area contributed by atoms with E-state index in [1.807, 2.05) is 0 Å². The van der Waals surface area contributed by atoms with E-state index in [4.69, 9.17) is 4.74 Å². The first kappa shape index (κ1) is 21.5. The van der Waals surface area contributed by atoms with E-state index >= 15 is 0 Å². The highest BCUT2D eigenvalue weighted by Gasteiger charge is 2.34. The van der Waals surface area contributed by atoms with Gasteiger partial charge in [-0.05, 0) is 32.4 Å². The van der Waals surface area contributed by atoms with Crippen LogP contribution in [-0.4, -0.2) is 26.6 Å². The summed E-state index contributed by atoms with van der Waals surface area (Å²) < 4.78 is 69.1. The van der Waals surface area contributed by atoms with Crippen molar-refractivity contribution in [1.29, 1.82) is 0 Å². The molecule has 2 aromatic rings. The maximum absolute atomic E-state index is 13.2. The predicted molar refractivity (Wildman–Crippen MR) is 88.3 cm³/mol. The van der Waals surface area contributed by atoms with Crippen molar-refractivity contribution in [2.45, 2.75) is 45.5 Å². The number of ether oxygens (including phenoxy) is 1. The van der Waals surface area contributed by atoms with Crippen molar-refractivity contribution in [3.05, 3.63) is 41.6 Å². The molecule has 0 fully saturated rings. The monoisotopic (exact) mass is 404 g/mol. The molecule has 0 saturated carbocycles. The van der Waals surface area contributed by atoms with Gasteiger partial charge in [0.1, 0.15) is 5.60 Å². The number of nitrogens with one attached hydrogen (secondary N) is 1. The Balaban J connectivity index is 2.26. The van der Waals surface area contributed by atoms with Crippen molar-refractivity contribution in [3.8, 4) is 11.3 Å². The normalized spacial score (nSPS) is 12.2. The molecular weight excluding hydrogens is 387 g/mol. The van der Waals surface area contributed by atoms with Crippen molar-refractivity contribution in [1.82, 2.24) is 20.3 Å². The van der Waals surface area contributed by atoms with Crippen LogP contribution in [0.4, 0.5) is 26.7 Å². The number of carbonyl (C=O) groups is 1. The second-order valence-electron chi connectivity index (χ2n) is 6.72. The maximum Gasteiger partial charge on any atom is 0.451 e. The lowest BCUT2D eigenvalue weighted by Crippen LogP contribution is -2.32. The molecule has 0 aliphatic carbocycles. The summed E-state index contributed by atoms with van der Waals surface area (Å²) in [6.07, 6.45) is -5.68. The SMILES string of the molecule is CC(C)(C)OC(=O)NCc1cc(-c2cnc(C(F)(F)F)nc2)ncc1C(F)F. The van der Waals surface area contributed by atoms with Crippen molar-refractivity contribution in [2.24, 2.45) is 0 Å². The third kappa shape index (κ3) is 5.83. The zero-order chi connectivity index (χ0) is 21.1. The van der Waals surface area contributed by atoms with E-state index in [0.29, 0.717) is 0 Å². The first-order valence-electron chi connectivity index (χ1n) is 8.00. The van der Waals surface area contributed by atoms with E-state index in [-0.39, 0.29) is 23.4 Å². The number of hydrogen-bond donors (Lipinski definition) is 1. The van der Waals surface area contributed by atoms with Gasteiger partial charge >= 0.3 is 12.3 Å². The standard InChI is InChI=1S/C17H17F5N4O2/c1-16(2,3)28-15(27)26-5-9-4-12(23-8-11(9)13(18)19)10-6-24-14(25-7-10)17(20,21)22/h4,6-8,13H,5H2,1-3H3,(H,26,27). The molecule has 0 radical (unpaired) electrons. The molecule has 2 rings (SSSR count). The summed E-state index contributed by atoms with van der Waals surface area (Å²) in [5, 5.41) is 2.36. The number of halogens is 5. The molecule has 0 spiro atoms. The minimum Gasteiger partial charge on any atom is -0.444 e. The van der Waals surface area contributed by atoms with Gasteiger partial charge in [0.2, 0.25) is 5.82 Å². The summed E-state index contributed by atoms with van der Waals surface area (Å²) in [5.41, 5.74) is -0.971. The van der Waals surface area contributed by atoms with Crippen molar-refractivity contribution in [3.63, 3.8) is 0 Å². The minimum atomic E-state index is -4.70. The molecule has 2 aromatic heterocycles. The van der Waals surface area contributed by atoms with Gasteiger partial charge in [0, 0.05) is 36.3 Å². The lowest BCUT2D eigenvalue weighted by Gasteiger charge is -2.20. The van der Waals surface area contributed by atoms with E-state index in [9.17, 15) is 26.7 Å². The molecule has 28 heavy (non-hydrogen) atoms. The lowest BCUT2D eigenvalue weighted by atomic mass is 10.1. The average Bonchev–Trinajstić information content (AvgIpc) is 2.57. The number of hydrogen-bond acceptors (Lipinski definition) is 5. The highest BCUT2D eigenvalue weighted by Crippen LogP contribution is 2.28. The van der Waals surface area contributed by atoms with Crippen LogP contribution < -0.4 is 5.32 Å². The number of amides is 1. The lowest BCUT2D eigenvalue weighted by molar-refractivity contribution is -0.145. The smallest absolute Gasteiger partial charge is 0.444 e. The number of alkyl halides is 5. The van der Waals surface area contributed by atoms with Crippen molar-refractivity contribution in [2.75, 3.05) is 0 Å². The molecule has 0 aliphatic rings. The van der Waals surface area contributed by atoms with E-state index in [0.717, 1.165) is 18.6 Å². The van der Waals surface area contributed by atoms with Crippen LogP contribution >= 0.6 is 0 Å². The minimum absolute atomic E-state index is 0.0331. The Bertz CT molecular complexity index is 833. The van der Waals surface area contributed by atoms with Gasteiger partial charge in [-0.2, -0.15) is 13.2 Å². The maximum atomic E-state index is 13.2. The quantitative estimate of drug-likeness (QED) is 0.759. The van der Waals surface area contributed by atoms with Gasteiger partial charge in [0.05, 0.1) is 5.69 Å². The Kier molecular flexibility index (Phi) is 6.15. The molecule has 0 unspecified atom stereocenters. The van der Waals surface area contributed by atoms with Gasteiger partial charge in [-0.15, -0.1) is 0 Å². The first-order valence-corrected chi connectivity index (χ1v) is 8.00. The Morgan fingerprint density at radius 2 is 1.71 bits per heavy atom. The van der Waals surface area contributed by atoms with Crippen LogP contribution in [0, 0.1) is 0 Å². The molecule has 0 aliphatic heterocycles. The Morgan fingerprint density at radius 3 is 2.21 bits per heavy atom. The number of rotatable bonds is 4. The zero-order valence-electron chi connectivity index (χ0n) is 15.1. The fourth-order valence-electron chi connectivity index (χ4n) is 2.10. The molecular formula is C17H17F5N4O2. The van der Waals surface area contributed by atoms with Crippen molar-refractivity contribution >= 4 is 6.09 Å². The molecule has 0 aromatic carbocycles. The van der Waals surface area contributed by atoms with Gasteiger partial charge in [0.15, 0.2) is 0 Å². The molecule has 0 atom stereocenters. The number of alkyl carbamates (subject to hydrolysis) is 1. The summed E-state index contributed by atoms with van der Waals surface area (Å²) in [4.78, 5) is 22.0. The number of pyridine rings is 1. The number of aromatic nitrogens is 3. The summed E-state index contributed by atoms with van der Waals surface area (Å²) in [7, 11) is 0. The molecule has 11 heteroatoms. The van der Waals surface area contributed by atoms with Crippen LogP contribution in [0.1, 0.15) is 44.1 Å². The summed E-state index contributed by atoms with van der Waals surface area (Å²) in [6, 6.07) is 1.23. The Hall–Kier alpha value is -2.85. The summed E-state index contributed by atoms with van der Waals surface area (Å²) in [5.74, 6) is -1.33. The van der Waals surface area contributed by atoms with Gasteiger partial charge in [-0.1, -0.05) is 0 Å². The molecule has 2 heterocycles. The molecule has 152 valence electrons. The van der Waals surface area contributed by atoms with E-state index in [1.165, 1.54) is 6.07 Å². The molecule has 0 saturated heterocycles. The average molecular weight is 404 g/mol. The number of nitrogens with zero attached hydrogens (tertiary/aromatic N) is 3. The Morgan fingerprint density at radius 1 is 1.11 bits per heavy atom. The molecule has 0 bridgehead atoms. The molecule has 6 nitrogen and oxygen atoms in total. The van der Waals surface area contributed by atoms with Crippen LogP contribution in [0.25, 0.3) is 11.3 Å². The van der Waals surface area contributed by atoms with Gasteiger partial charge in [-0.25, -0.2) is 23.5 Å². The second-order valence-corrected chi connectivity index (χ2v) is 6.72. The third-order valence-electron chi connectivity index (χ3n) is 3.28. The van der Waals surface area contributed by atoms with Crippen LogP contribution in [-0.2, 0) is 17.5 Å². The van der Waals surface area contributed by atoms with E-state index in [1.54, 1.807) is 20.8 Å². The zero-order valence-corrected chi connectivity index (χ0v) is 15.1. The molecule has 1 amide bonds. The first-order chi connectivity index (χ1) is 12.9. The highest BCUT2D eigenvalue weighted by molar-refractivity contribution is 5.68. The van der Waals surface area contributed by atoms with Gasteiger partial charge in [-0.3, -0.25) is 4.98 Å². The third-order valence-corrected chi connectivity index (χ3v) is 3.28. The van der Waals surface area contributed by atoms with Gasteiger partial charge in [0.25, 0.3) is 6.43 Å². The van der Waals surface area contributed by atoms with Crippen LogP contribution in [0.15, 0.2) is 24.7 Å². The molecule has 1 N–H and O–H groups in total. The predicted octanol–water partition coefficient (Wildman–Crippen LogP) is 4.52. The van der Waals surface area contributed by atoms with Crippen molar-refractivity contribution < 1.29 is 31.5 Å². The fourth-order valence-corrected chi connectivity index (χ4v) is 2.10. The van der Waals surface area contributed by atoms with Crippen LogP contribution in [0.5, 0.6) is 0 Å². The number of carbonyl (C=O) groups excluding carboxylic acids is 1. The van der Waals surface area contributed by atoms with Crippen LogP contribution in [0.3, 0.4) is 0 Å². The van der Waals surface area contributed by atoms with E-state index in [2.05, 4.69) is 20.3 Å². The largest absolute Gasteiger partial charge is 0.451 e. The highest BCUT2D eigenvalue weighted by atomic mass is 19.4. The van der Waals surface area contributed by atoms with Gasteiger partial charge < -0.3 is 10.1 Å². The fraction of sp³-hybridized carbons (Fsp3) is 0.412. The topological polar surface area (TPSA) is 77.0 Å². The Labute approximate surface area is 157 Å². The second kappa shape index (κ2) is 8.03. The van der Waals surface area contributed by atoms with E-state index < -0.39 is 35.7 Å². The summed E-state index contributed by atoms with van der Waals surface area (Å²) in [6.45, 7) is 4.65.